The van der Waals surface area contributed by atoms with Crippen LogP contribution in [0.5, 0.6) is 5.75 Å². The minimum absolute atomic E-state index is 0.168. The Hall–Kier alpha value is -1.75. The number of ether oxygens (including phenoxy) is 3. The van der Waals surface area contributed by atoms with E-state index in [2.05, 4.69) is 6.92 Å². The summed E-state index contributed by atoms with van der Waals surface area (Å²) in [4.78, 5) is 14.0. The molecule has 0 aromatic heterocycles. The Bertz CT molecular complexity index is 530. The Morgan fingerprint density at radius 2 is 1.76 bits per heavy atom. The first-order valence-electron chi connectivity index (χ1n) is 9.13. The second kappa shape index (κ2) is 8.56. The van der Waals surface area contributed by atoms with Gasteiger partial charge in [-0.25, -0.2) is 4.79 Å². The number of rotatable bonds is 6. The van der Waals surface area contributed by atoms with Crippen LogP contribution in [0.1, 0.15) is 47.0 Å². The molecule has 5 nitrogen and oxygen atoms in total. The van der Waals surface area contributed by atoms with Crippen molar-refractivity contribution in [3.63, 3.8) is 0 Å². The van der Waals surface area contributed by atoms with Gasteiger partial charge in [0.15, 0.2) is 0 Å². The van der Waals surface area contributed by atoms with Crippen molar-refractivity contribution in [2.45, 2.75) is 58.2 Å². The zero-order valence-corrected chi connectivity index (χ0v) is 15.9. The summed E-state index contributed by atoms with van der Waals surface area (Å²) < 4.78 is 17.3. The van der Waals surface area contributed by atoms with Crippen LogP contribution in [0, 0.1) is 0 Å². The van der Waals surface area contributed by atoms with Gasteiger partial charge in [0.2, 0.25) is 0 Å². The first-order chi connectivity index (χ1) is 11.8. The molecule has 25 heavy (non-hydrogen) atoms. The maximum absolute atomic E-state index is 12.2. The van der Waals surface area contributed by atoms with E-state index in [1.165, 1.54) is 0 Å². The van der Waals surface area contributed by atoms with Gasteiger partial charge in [-0.2, -0.15) is 0 Å². The maximum Gasteiger partial charge on any atom is 0.410 e. The average molecular weight is 349 g/mol. The van der Waals surface area contributed by atoms with Gasteiger partial charge in [0.1, 0.15) is 18.0 Å². The van der Waals surface area contributed by atoms with Crippen molar-refractivity contribution in [2.75, 3.05) is 26.3 Å². The summed E-state index contributed by atoms with van der Waals surface area (Å²) in [5.41, 5.74) is -0.625. The molecule has 1 heterocycles. The van der Waals surface area contributed by atoms with Crippen molar-refractivity contribution in [3.05, 3.63) is 30.3 Å². The highest BCUT2D eigenvalue weighted by Gasteiger charge is 2.36. The molecule has 1 aliphatic rings. The number of hydrogen-bond acceptors (Lipinski definition) is 4. The summed E-state index contributed by atoms with van der Waals surface area (Å²) >= 11 is 0. The molecule has 0 aliphatic carbocycles. The Labute approximate surface area is 151 Å². The Morgan fingerprint density at radius 3 is 2.32 bits per heavy atom. The molecule has 0 radical (unpaired) electrons. The second-order valence-electron chi connectivity index (χ2n) is 7.51. The van der Waals surface area contributed by atoms with Gasteiger partial charge in [-0.15, -0.1) is 0 Å². The van der Waals surface area contributed by atoms with Crippen LogP contribution in [0.25, 0.3) is 0 Å². The van der Waals surface area contributed by atoms with Gasteiger partial charge in [0.05, 0.1) is 12.2 Å². The molecule has 1 aliphatic heterocycles. The second-order valence-corrected chi connectivity index (χ2v) is 7.51. The smallest absolute Gasteiger partial charge is 0.410 e. The van der Waals surface area contributed by atoms with Gasteiger partial charge >= 0.3 is 6.09 Å². The highest BCUT2D eigenvalue weighted by molar-refractivity contribution is 5.68. The van der Waals surface area contributed by atoms with Gasteiger partial charge in [-0.3, -0.25) is 0 Å². The number of carbonyl (C=O) groups is 1. The number of benzene rings is 1. The van der Waals surface area contributed by atoms with E-state index in [0.717, 1.165) is 25.0 Å². The van der Waals surface area contributed by atoms with Crippen LogP contribution < -0.4 is 4.74 Å². The molecular formula is C20H31NO4. The molecule has 1 fully saturated rings. The third-order valence-corrected chi connectivity index (χ3v) is 4.47. The van der Waals surface area contributed by atoms with Gasteiger partial charge < -0.3 is 19.1 Å². The Balaban J connectivity index is 1.75. The zero-order chi connectivity index (χ0) is 18.3. The molecule has 5 heteroatoms. The van der Waals surface area contributed by atoms with E-state index in [0.29, 0.717) is 26.3 Å². The molecule has 1 aromatic rings. The highest BCUT2D eigenvalue weighted by atomic mass is 16.6. The third-order valence-electron chi connectivity index (χ3n) is 4.47. The minimum atomic E-state index is -0.457. The number of nitrogens with zero attached hydrogens (tertiary/aromatic N) is 1. The first kappa shape index (κ1) is 19.6. The summed E-state index contributed by atoms with van der Waals surface area (Å²) in [5.74, 6) is 0.858. The van der Waals surface area contributed by atoms with Crippen molar-refractivity contribution in [2.24, 2.45) is 0 Å². The number of likely N-dealkylation sites (tertiary alicyclic amines) is 1. The molecule has 0 spiro atoms. The van der Waals surface area contributed by atoms with E-state index in [1.807, 2.05) is 51.1 Å². The lowest BCUT2D eigenvalue weighted by molar-refractivity contribution is -0.0928. The average Bonchev–Trinajstić information content (AvgIpc) is 2.59. The van der Waals surface area contributed by atoms with E-state index >= 15 is 0 Å². The summed E-state index contributed by atoms with van der Waals surface area (Å²) in [6.45, 7) is 10.2. The quantitative estimate of drug-likeness (QED) is 0.720. The van der Waals surface area contributed by atoms with Crippen molar-refractivity contribution in [3.8, 4) is 5.75 Å². The maximum atomic E-state index is 12.2. The molecule has 0 N–H and O–H groups in total. The first-order valence-corrected chi connectivity index (χ1v) is 9.13. The molecule has 0 unspecified atom stereocenters. The minimum Gasteiger partial charge on any atom is -0.491 e. The van der Waals surface area contributed by atoms with Crippen LogP contribution in [0.3, 0.4) is 0 Å². The monoisotopic (exact) mass is 349 g/mol. The molecule has 1 saturated heterocycles. The topological polar surface area (TPSA) is 48.0 Å². The van der Waals surface area contributed by atoms with Gasteiger partial charge in [-0.1, -0.05) is 25.1 Å². The predicted octanol–water partition coefficient (Wildman–Crippen LogP) is 4.26. The largest absolute Gasteiger partial charge is 0.491 e. The van der Waals surface area contributed by atoms with Gasteiger partial charge in [0, 0.05) is 13.1 Å². The van der Waals surface area contributed by atoms with Crippen LogP contribution in [0.4, 0.5) is 4.79 Å². The van der Waals surface area contributed by atoms with E-state index in [-0.39, 0.29) is 11.7 Å². The van der Waals surface area contributed by atoms with Crippen LogP contribution in [-0.4, -0.2) is 48.5 Å². The lowest BCUT2D eigenvalue weighted by Gasteiger charge is -2.41. The molecule has 2 rings (SSSR count). The van der Waals surface area contributed by atoms with Gasteiger partial charge in [0.25, 0.3) is 0 Å². The summed E-state index contributed by atoms with van der Waals surface area (Å²) in [5, 5.41) is 0. The molecule has 0 saturated carbocycles. The number of amides is 1. The van der Waals surface area contributed by atoms with Crippen molar-refractivity contribution in [1.29, 1.82) is 0 Å². The van der Waals surface area contributed by atoms with E-state index in [1.54, 1.807) is 4.90 Å². The van der Waals surface area contributed by atoms with E-state index in [4.69, 9.17) is 14.2 Å². The lowest BCUT2D eigenvalue weighted by Crippen LogP contribution is -2.49. The van der Waals surface area contributed by atoms with E-state index in [9.17, 15) is 4.79 Å². The van der Waals surface area contributed by atoms with Crippen LogP contribution in [0.15, 0.2) is 30.3 Å². The lowest BCUT2D eigenvalue weighted by atomic mass is 9.88. The molecular weight excluding hydrogens is 318 g/mol. The standard InChI is InChI=1S/C20H31NO4/c1-5-20(24-16-15-23-17-9-7-6-8-10-17)11-13-21(14-12-20)18(22)25-19(2,3)4/h6-10H,5,11-16H2,1-4H3. The highest BCUT2D eigenvalue weighted by Crippen LogP contribution is 2.30. The molecule has 0 bridgehead atoms. The molecule has 0 atom stereocenters. The molecule has 1 aromatic carbocycles. The van der Waals surface area contributed by atoms with Crippen molar-refractivity contribution >= 4 is 6.09 Å². The summed E-state index contributed by atoms with van der Waals surface area (Å²) in [6.07, 6.45) is 2.35. The predicted molar refractivity (Wildman–Crippen MR) is 98.0 cm³/mol. The normalized spacial score (nSPS) is 17.2. The van der Waals surface area contributed by atoms with Crippen LogP contribution >= 0.6 is 0 Å². The van der Waals surface area contributed by atoms with Crippen molar-refractivity contribution < 1.29 is 19.0 Å². The van der Waals surface area contributed by atoms with E-state index < -0.39 is 5.60 Å². The number of carbonyl (C=O) groups excluding carboxylic acids is 1. The third kappa shape index (κ3) is 6.24. The summed E-state index contributed by atoms with van der Waals surface area (Å²) in [7, 11) is 0. The fourth-order valence-electron chi connectivity index (χ4n) is 2.96. The SMILES string of the molecule is CCC1(OCCOc2ccccc2)CCN(C(=O)OC(C)(C)C)CC1. The number of hydrogen-bond donors (Lipinski definition) is 0. The van der Waals surface area contributed by atoms with Crippen LogP contribution in [0.2, 0.25) is 0 Å². The zero-order valence-electron chi connectivity index (χ0n) is 15.9. The Morgan fingerprint density at radius 1 is 1.12 bits per heavy atom. The summed E-state index contributed by atoms with van der Waals surface area (Å²) in [6, 6.07) is 9.75. The van der Waals surface area contributed by atoms with Gasteiger partial charge in [-0.05, 0) is 52.2 Å². The van der Waals surface area contributed by atoms with Crippen LogP contribution in [-0.2, 0) is 9.47 Å². The fraction of sp³-hybridized carbons (Fsp3) is 0.650. The number of piperidine rings is 1. The number of para-hydroxylation sites is 1. The Kier molecular flexibility index (Phi) is 6.71. The molecule has 1 amide bonds. The van der Waals surface area contributed by atoms with Crippen molar-refractivity contribution in [1.82, 2.24) is 4.90 Å². The molecule has 140 valence electrons. The fourth-order valence-corrected chi connectivity index (χ4v) is 2.96.